The maximum absolute atomic E-state index is 10.8. The van der Waals surface area contributed by atoms with Gasteiger partial charge in [0.05, 0.1) is 5.88 Å². The summed E-state index contributed by atoms with van der Waals surface area (Å²) < 4.78 is 0. The molecule has 0 bridgehead atoms. The largest absolute Gasteiger partial charge is 1.00 e. The van der Waals surface area contributed by atoms with Crippen LogP contribution < -0.4 is 34.7 Å². The Kier molecular flexibility index (Phi) is 19.5. The van der Waals surface area contributed by atoms with Crippen molar-refractivity contribution in [1.82, 2.24) is 0 Å². The Hall–Kier alpha value is 0.230. The molecule has 0 aromatic heterocycles. The molecule has 0 radical (unpaired) electrons. The van der Waals surface area contributed by atoms with Crippen molar-refractivity contribution in [2.75, 3.05) is 12.4 Å². The van der Waals surface area contributed by atoms with Gasteiger partial charge in [-0.05, 0) is 18.7 Å². The maximum atomic E-state index is 10.8. The van der Waals surface area contributed by atoms with Gasteiger partial charge in [0.25, 0.3) is 0 Å². The summed E-state index contributed by atoms with van der Waals surface area (Å²) in [5.74, 6) is -0.928. The van der Waals surface area contributed by atoms with E-state index in [-0.39, 0.29) is 41.3 Å². The summed E-state index contributed by atoms with van der Waals surface area (Å²) in [7, 11) is 0. The molecule has 20 heavy (non-hydrogen) atoms. The number of rotatable bonds is 13. The van der Waals surface area contributed by atoms with Crippen molar-refractivity contribution >= 4 is 23.5 Å². The minimum Gasteiger partial charge on any atom is -0.861 e. The number of carboxylic acids is 1. The molecule has 112 valence electrons. The van der Waals surface area contributed by atoms with Gasteiger partial charge >= 0.3 is 35.5 Å². The Labute approximate surface area is 149 Å². The summed E-state index contributed by atoms with van der Waals surface area (Å²) in [5.41, 5.74) is 0. The number of halogens is 1. The first-order chi connectivity index (χ1) is 9.16. The van der Waals surface area contributed by atoms with Crippen LogP contribution in [0, 0.1) is 0 Å². The number of aliphatic imine (C=N–C) groups is 1. The van der Waals surface area contributed by atoms with E-state index in [1.54, 1.807) is 0 Å². The van der Waals surface area contributed by atoms with Crippen LogP contribution in [0.4, 0.5) is 0 Å². The Bertz CT molecular complexity index is 263. The number of nitrogens with zero attached hydrogens (tertiary/aromatic N) is 1. The van der Waals surface area contributed by atoms with Gasteiger partial charge in [-0.3, -0.25) is 4.79 Å². The van der Waals surface area contributed by atoms with E-state index in [1.807, 2.05) is 0 Å². The van der Waals surface area contributed by atoms with E-state index in [2.05, 4.69) is 4.99 Å². The van der Waals surface area contributed by atoms with Crippen molar-refractivity contribution in [2.24, 2.45) is 4.99 Å². The number of alkyl halides is 1. The van der Waals surface area contributed by atoms with Crippen LogP contribution in [0.15, 0.2) is 4.99 Å². The van der Waals surface area contributed by atoms with Gasteiger partial charge < -0.3 is 15.2 Å². The van der Waals surface area contributed by atoms with Crippen LogP contribution in [0.3, 0.4) is 0 Å². The standard InChI is InChI=1S/C14H26ClNO3.Na/c15-12-13(17)16-11-9-7-5-3-1-2-4-6-8-10-14(18)19;/h1-12H2,(H,16,17)(H,18,19);/q;+1/p-1. The second-order valence-electron chi connectivity index (χ2n) is 4.73. The Morgan fingerprint density at radius 1 is 0.950 bits per heavy atom. The van der Waals surface area contributed by atoms with Crippen molar-refractivity contribution in [3.8, 4) is 0 Å². The minimum absolute atomic E-state index is 0. The first-order valence-corrected chi connectivity index (χ1v) is 7.68. The Morgan fingerprint density at radius 2 is 1.40 bits per heavy atom. The van der Waals surface area contributed by atoms with Crippen molar-refractivity contribution in [1.29, 1.82) is 0 Å². The fourth-order valence-corrected chi connectivity index (χ4v) is 1.96. The fourth-order valence-electron chi connectivity index (χ4n) is 1.87. The summed E-state index contributed by atoms with van der Waals surface area (Å²) in [6, 6.07) is 0. The predicted octanol–water partition coefficient (Wildman–Crippen LogP) is -0.0264. The third-order valence-corrected chi connectivity index (χ3v) is 3.18. The smallest absolute Gasteiger partial charge is 0.861 e. The van der Waals surface area contributed by atoms with E-state index in [0.29, 0.717) is 13.0 Å². The molecule has 6 heteroatoms. The van der Waals surface area contributed by atoms with Crippen LogP contribution >= 0.6 is 11.6 Å². The first kappa shape index (κ1) is 22.5. The average Bonchev–Trinajstić information content (AvgIpc) is 2.39. The normalized spacial score (nSPS) is 11.2. The monoisotopic (exact) mass is 313 g/mol. The molecule has 0 unspecified atom stereocenters. The van der Waals surface area contributed by atoms with Crippen LogP contribution in [-0.4, -0.2) is 29.4 Å². The summed E-state index contributed by atoms with van der Waals surface area (Å²) in [6.07, 6.45) is 10.1. The first-order valence-electron chi connectivity index (χ1n) is 7.15. The predicted molar refractivity (Wildman–Crippen MR) is 76.8 cm³/mol. The molecule has 0 atom stereocenters. The second kappa shape index (κ2) is 17.3. The molecule has 0 aliphatic rings. The van der Waals surface area contributed by atoms with Crippen molar-refractivity contribution in [3.63, 3.8) is 0 Å². The fraction of sp³-hybridized carbons (Fsp3) is 0.857. The van der Waals surface area contributed by atoms with E-state index in [0.717, 1.165) is 32.1 Å². The van der Waals surface area contributed by atoms with Gasteiger partial charge in [-0.15, -0.1) is 11.6 Å². The number of hydrogen-bond acceptors (Lipinski definition) is 3. The number of carbonyl (C=O) groups is 1. The zero-order valence-corrected chi connectivity index (χ0v) is 15.3. The van der Waals surface area contributed by atoms with Gasteiger partial charge in [0.15, 0.2) is 0 Å². The van der Waals surface area contributed by atoms with E-state index in [9.17, 15) is 9.90 Å². The Morgan fingerprint density at radius 3 is 1.85 bits per heavy atom. The van der Waals surface area contributed by atoms with Gasteiger partial charge in [0, 0.05) is 13.0 Å². The maximum Gasteiger partial charge on any atom is 1.00 e. The number of aliphatic carboxylic acids is 1. The molecule has 0 saturated heterocycles. The van der Waals surface area contributed by atoms with Gasteiger partial charge in [-0.25, -0.2) is 0 Å². The van der Waals surface area contributed by atoms with Crippen molar-refractivity contribution in [3.05, 3.63) is 0 Å². The van der Waals surface area contributed by atoms with E-state index >= 15 is 0 Å². The second-order valence-corrected chi connectivity index (χ2v) is 5.00. The zero-order chi connectivity index (χ0) is 14.3. The molecule has 4 nitrogen and oxygen atoms in total. The summed E-state index contributed by atoms with van der Waals surface area (Å²) in [4.78, 5) is 14.1. The third-order valence-electron chi connectivity index (χ3n) is 2.95. The van der Waals surface area contributed by atoms with Gasteiger partial charge in [0.1, 0.15) is 0 Å². The van der Waals surface area contributed by atoms with Crippen LogP contribution in [0.2, 0.25) is 0 Å². The zero-order valence-electron chi connectivity index (χ0n) is 12.6. The SMILES string of the molecule is O=C(O)CCCCCCCCCCCN=C([O-])CCl.[Na+]. The van der Waals surface area contributed by atoms with Crippen LogP contribution in [0.5, 0.6) is 0 Å². The van der Waals surface area contributed by atoms with Crippen LogP contribution in [0.25, 0.3) is 0 Å². The quantitative estimate of drug-likeness (QED) is 0.171. The summed E-state index contributed by atoms with van der Waals surface area (Å²) in [5, 5.41) is 19.2. The third kappa shape index (κ3) is 18.2. The average molecular weight is 314 g/mol. The molecule has 0 aromatic carbocycles. The van der Waals surface area contributed by atoms with E-state index in [1.165, 1.54) is 25.7 Å². The molecule has 0 aliphatic heterocycles. The van der Waals surface area contributed by atoms with Crippen LogP contribution in [0.1, 0.15) is 64.2 Å². The molecule has 1 N–H and O–H groups in total. The van der Waals surface area contributed by atoms with Gasteiger partial charge in [-0.2, -0.15) is 0 Å². The minimum atomic E-state index is -0.696. The molecular weight excluding hydrogens is 289 g/mol. The molecule has 0 spiro atoms. The van der Waals surface area contributed by atoms with Crippen molar-refractivity contribution in [2.45, 2.75) is 64.2 Å². The molecule has 0 heterocycles. The molecular formula is C14H25ClNNaO3. The van der Waals surface area contributed by atoms with Gasteiger partial charge in [0.2, 0.25) is 0 Å². The van der Waals surface area contributed by atoms with Gasteiger partial charge in [-0.1, -0.05) is 44.9 Å². The number of hydrogen-bond donors (Lipinski definition) is 1. The van der Waals surface area contributed by atoms with E-state index in [4.69, 9.17) is 16.7 Å². The van der Waals surface area contributed by atoms with Crippen molar-refractivity contribution < 1.29 is 44.6 Å². The number of unbranched alkanes of at least 4 members (excludes halogenated alkanes) is 8. The molecule has 0 fully saturated rings. The van der Waals surface area contributed by atoms with Crippen LogP contribution in [-0.2, 0) is 4.79 Å². The topological polar surface area (TPSA) is 72.7 Å². The van der Waals surface area contributed by atoms with E-state index < -0.39 is 5.97 Å². The molecule has 0 aromatic rings. The Balaban J connectivity index is 0. The summed E-state index contributed by atoms with van der Waals surface area (Å²) >= 11 is 5.33. The molecule has 0 rings (SSSR count). The number of carboxylic acid groups (broad SMARTS) is 1. The molecule has 0 saturated carbocycles. The molecule has 0 aliphatic carbocycles. The summed E-state index contributed by atoms with van der Waals surface area (Å²) in [6.45, 7) is 0.598. The molecule has 0 amide bonds.